The van der Waals surface area contributed by atoms with Gasteiger partial charge in [0.25, 0.3) is 0 Å². The number of hydrogen-bond acceptors (Lipinski definition) is 4. The van der Waals surface area contributed by atoms with E-state index in [1.807, 2.05) is 60.7 Å². The van der Waals surface area contributed by atoms with Crippen LogP contribution in [-0.4, -0.2) is 0 Å². The summed E-state index contributed by atoms with van der Waals surface area (Å²) in [5.41, 5.74) is 28.5. The molecule has 0 aliphatic heterocycles. The second kappa shape index (κ2) is 8.82. The smallest absolute Gasteiger partial charge is 0.0394 e. The van der Waals surface area contributed by atoms with Gasteiger partial charge < -0.3 is 22.9 Å². The van der Waals surface area contributed by atoms with Gasteiger partial charge in [-0.3, -0.25) is 0 Å². The highest BCUT2D eigenvalue weighted by Gasteiger charge is 1.97. The summed E-state index contributed by atoms with van der Waals surface area (Å²) in [4.78, 5) is 0. The summed E-state index contributed by atoms with van der Waals surface area (Å²) in [5, 5.41) is 2.15. The van der Waals surface area contributed by atoms with E-state index in [2.05, 4.69) is 24.3 Å². The van der Waals surface area contributed by atoms with Crippen molar-refractivity contribution in [2.24, 2.45) is 0 Å². The molecule has 4 rings (SSSR count). The number of rotatable bonds is 3. The first-order valence-corrected chi connectivity index (χ1v) is 9.24. The molecular weight excluding hydrogens is 344 g/mol. The van der Waals surface area contributed by atoms with Crippen LogP contribution in [0.5, 0.6) is 0 Å². The van der Waals surface area contributed by atoms with Crippen molar-refractivity contribution >= 4 is 33.5 Å². The van der Waals surface area contributed by atoms with Crippen LogP contribution in [0.15, 0.2) is 84.9 Å². The number of hydrogen-bond donors (Lipinski definition) is 4. The third-order valence-corrected chi connectivity index (χ3v) is 4.60. The highest BCUT2D eigenvalue weighted by Crippen LogP contribution is 2.22. The minimum Gasteiger partial charge on any atom is -0.399 e. The molecule has 28 heavy (non-hydrogen) atoms. The Hall–Kier alpha value is -3.66. The lowest BCUT2D eigenvalue weighted by Crippen LogP contribution is -1.93. The fraction of sp³-hybridized carbons (Fsp3) is 0.0833. The quantitative estimate of drug-likeness (QED) is 0.394. The minimum atomic E-state index is 0.750. The predicted molar refractivity (Wildman–Crippen MR) is 122 cm³/mol. The minimum absolute atomic E-state index is 0.750. The second-order valence-corrected chi connectivity index (χ2v) is 6.81. The predicted octanol–water partition coefficient (Wildman–Crippen LogP) is 4.64. The number of anilines is 4. The molecule has 4 heteroatoms. The average molecular weight is 371 g/mol. The zero-order chi connectivity index (χ0) is 19.9. The van der Waals surface area contributed by atoms with E-state index >= 15 is 0 Å². The normalized spacial score (nSPS) is 10.3. The molecule has 4 aromatic carbocycles. The van der Waals surface area contributed by atoms with E-state index in [1.54, 1.807) is 0 Å². The van der Waals surface area contributed by atoms with Crippen LogP contribution in [0, 0.1) is 0 Å². The van der Waals surface area contributed by atoms with Gasteiger partial charge in [0.1, 0.15) is 0 Å². The third-order valence-electron chi connectivity index (χ3n) is 4.60. The Kier molecular flexibility index (Phi) is 6.02. The number of benzene rings is 4. The Morgan fingerprint density at radius 3 is 1.54 bits per heavy atom. The maximum absolute atomic E-state index is 5.77. The van der Waals surface area contributed by atoms with E-state index in [9.17, 15) is 0 Å². The maximum Gasteiger partial charge on any atom is 0.0394 e. The van der Waals surface area contributed by atoms with Gasteiger partial charge in [0.2, 0.25) is 0 Å². The molecular formula is C24H26N4. The summed E-state index contributed by atoms with van der Waals surface area (Å²) in [6.45, 7) is 0. The van der Waals surface area contributed by atoms with E-state index in [1.165, 1.54) is 11.1 Å². The largest absolute Gasteiger partial charge is 0.399 e. The molecule has 0 unspecified atom stereocenters. The first kappa shape index (κ1) is 19.1. The van der Waals surface area contributed by atoms with E-state index in [0.29, 0.717) is 0 Å². The van der Waals surface area contributed by atoms with Gasteiger partial charge in [0.15, 0.2) is 0 Å². The maximum atomic E-state index is 5.77. The summed E-state index contributed by atoms with van der Waals surface area (Å²) >= 11 is 0. The van der Waals surface area contributed by atoms with Gasteiger partial charge in [0.05, 0.1) is 0 Å². The SMILES string of the molecule is Nc1ccc(CCc2ccc(N)cc2)cc1.Nc1ccc2cccc(N)c2c1. The van der Waals surface area contributed by atoms with Crippen LogP contribution < -0.4 is 22.9 Å². The zero-order valence-electron chi connectivity index (χ0n) is 15.8. The molecule has 0 aromatic heterocycles. The van der Waals surface area contributed by atoms with Gasteiger partial charge in [-0.05, 0) is 71.8 Å². The summed E-state index contributed by atoms with van der Waals surface area (Å²) < 4.78 is 0. The first-order chi connectivity index (χ1) is 13.5. The zero-order valence-corrected chi connectivity index (χ0v) is 15.8. The van der Waals surface area contributed by atoms with Crippen LogP contribution in [0.2, 0.25) is 0 Å². The Balaban J connectivity index is 0.000000167. The summed E-state index contributed by atoms with van der Waals surface area (Å²) in [7, 11) is 0. The molecule has 0 bridgehead atoms. The molecule has 0 saturated heterocycles. The van der Waals surface area contributed by atoms with Crippen molar-refractivity contribution in [1.82, 2.24) is 0 Å². The van der Waals surface area contributed by atoms with Crippen molar-refractivity contribution in [3.8, 4) is 0 Å². The molecule has 0 amide bonds. The molecule has 0 fully saturated rings. The van der Waals surface area contributed by atoms with Gasteiger partial charge in [0, 0.05) is 28.1 Å². The lowest BCUT2D eigenvalue weighted by atomic mass is 10.0. The average Bonchev–Trinajstić information content (AvgIpc) is 2.70. The highest BCUT2D eigenvalue weighted by atomic mass is 14.6. The van der Waals surface area contributed by atoms with Crippen molar-refractivity contribution < 1.29 is 0 Å². The lowest BCUT2D eigenvalue weighted by Gasteiger charge is -2.03. The lowest BCUT2D eigenvalue weighted by molar-refractivity contribution is 0.961. The molecule has 0 aliphatic rings. The van der Waals surface area contributed by atoms with Gasteiger partial charge in [-0.25, -0.2) is 0 Å². The van der Waals surface area contributed by atoms with Gasteiger partial charge in [-0.2, -0.15) is 0 Å². The van der Waals surface area contributed by atoms with E-state index < -0.39 is 0 Å². The van der Waals surface area contributed by atoms with Gasteiger partial charge in [-0.1, -0.05) is 42.5 Å². The molecule has 0 radical (unpaired) electrons. The van der Waals surface area contributed by atoms with Crippen molar-refractivity contribution in [2.75, 3.05) is 22.9 Å². The standard InChI is InChI=1S/C14H16N2.C10H10N2/c15-13-7-3-11(4-8-13)1-2-12-5-9-14(16)10-6-12;11-8-5-4-7-2-1-3-10(12)9(7)6-8/h3-10H,1-2,15-16H2;1-6H,11-12H2. The van der Waals surface area contributed by atoms with E-state index in [0.717, 1.165) is 46.4 Å². The van der Waals surface area contributed by atoms with Crippen LogP contribution in [0.3, 0.4) is 0 Å². The van der Waals surface area contributed by atoms with E-state index in [-0.39, 0.29) is 0 Å². The number of aryl methyl sites for hydroxylation is 2. The van der Waals surface area contributed by atoms with Crippen molar-refractivity contribution in [2.45, 2.75) is 12.8 Å². The molecule has 0 spiro atoms. The molecule has 8 N–H and O–H groups in total. The number of nitrogen functional groups attached to an aromatic ring is 4. The molecule has 0 aliphatic carbocycles. The fourth-order valence-electron chi connectivity index (χ4n) is 2.97. The van der Waals surface area contributed by atoms with Gasteiger partial charge in [-0.15, -0.1) is 0 Å². The Labute approximate surface area is 165 Å². The van der Waals surface area contributed by atoms with Crippen LogP contribution in [-0.2, 0) is 12.8 Å². The molecule has 0 saturated carbocycles. The third kappa shape index (κ3) is 5.17. The Bertz CT molecular complexity index is 993. The monoisotopic (exact) mass is 370 g/mol. The van der Waals surface area contributed by atoms with Crippen molar-refractivity contribution in [3.63, 3.8) is 0 Å². The Morgan fingerprint density at radius 2 is 1.00 bits per heavy atom. The summed E-state index contributed by atoms with van der Waals surface area (Å²) in [6.07, 6.45) is 2.06. The van der Waals surface area contributed by atoms with E-state index in [4.69, 9.17) is 22.9 Å². The van der Waals surface area contributed by atoms with Gasteiger partial charge >= 0.3 is 0 Å². The summed E-state index contributed by atoms with van der Waals surface area (Å²) in [6, 6.07) is 27.7. The molecule has 142 valence electrons. The first-order valence-electron chi connectivity index (χ1n) is 9.24. The van der Waals surface area contributed by atoms with Crippen molar-refractivity contribution in [3.05, 3.63) is 96.1 Å². The molecule has 4 aromatic rings. The molecule has 4 nitrogen and oxygen atoms in total. The highest BCUT2D eigenvalue weighted by molar-refractivity contribution is 5.94. The van der Waals surface area contributed by atoms with Crippen LogP contribution in [0.25, 0.3) is 10.8 Å². The molecule has 0 atom stereocenters. The number of fused-ring (bicyclic) bond motifs is 1. The number of nitrogens with two attached hydrogens (primary N) is 4. The van der Waals surface area contributed by atoms with Crippen LogP contribution in [0.1, 0.15) is 11.1 Å². The topological polar surface area (TPSA) is 104 Å². The van der Waals surface area contributed by atoms with Crippen LogP contribution >= 0.6 is 0 Å². The summed E-state index contributed by atoms with van der Waals surface area (Å²) in [5.74, 6) is 0. The Morgan fingerprint density at radius 1 is 0.500 bits per heavy atom. The van der Waals surface area contributed by atoms with Crippen LogP contribution in [0.4, 0.5) is 22.7 Å². The molecule has 0 heterocycles. The fourth-order valence-corrected chi connectivity index (χ4v) is 2.97. The van der Waals surface area contributed by atoms with Crippen molar-refractivity contribution in [1.29, 1.82) is 0 Å². The second-order valence-electron chi connectivity index (χ2n) is 6.81.